The van der Waals surface area contributed by atoms with E-state index in [1.165, 1.54) is 12.8 Å². The molecule has 0 fully saturated rings. The standard InChI is InChI=1S/C10H15NO.C2H5NO2/c1-7-5-9(12)6-8(2)10(7)11(3)4;1-5-2(3)4/h5-6,12H,1-4H3;1H3,(H2,3,4). The smallest absolute Gasteiger partial charge is 0.404 e. The summed E-state index contributed by atoms with van der Waals surface area (Å²) in [6.45, 7) is 4.00. The lowest BCUT2D eigenvalue weighted by Gasteiger charge is -2.18. The molecule has 0 heterocycles. The van der Waals surface area contributed by atoms with Crippen LogP contribution < -0.4 is 10.6 Å². The molecule has 0 aromatic heterocycles. The maximum absolute atomic E-state index is 9.37. The van der Waals surface area contributed by atoms with Gasteiger partial charge in [0, 0.05) is 19.8 Å². The summed E-state index contributed by atoms with van der Waals surface area (Å²) in [5.74, 6) is 0.343. The molecule has 0 bridgehead atoms. The van der Waals surface area contributed by atoms with Crippen molar-refractivity contribution in [1.29, 1.82) is 0 Å². The van der Waals surface area contributed by atoms with Crippen LogP contribution in [-0.2, 0) is 4.74 Å². The molecule has 1 amide bonds. The quantitative estimate of drug-likeness (QED) is 0.784. The highest BCUT2D eigenvalue weighted by atomic mass is 16.5. The zero-order valence-electron chi connectivity index (χ0n) is 10.9. The lowest BCUT2D eigenvalue weighted by atomic mass is 10.1. The van der Waals surface area contributed by atoms with E-state index in [0.29, 0.717) is 5.75 Å². The molecule has 1 aromatic carbocycles. The average molecular weight is 240 g/mol. The molecule has 0 radical (unpaired) electrons. The highest BCUT2D eigenvalue weighted by molar-refractivity contribution is 5.64. The van der Waals surface area contributed by atoms with E-state index in [4.69, 9.17) is 0 Å². The molecule has 1 rings (SSSR count). The van der Waals surface area contributed by atoms with Gasteiger partial charge in [-0.3, -0.25) is 0 Å². The highest BCUT2D eigenvalue weighted by Crippen LogP contribution is 2.27. The molecule has 0 atom stereocenters. The minimum Gasteiger partial charge on any atom is -0.508 e. The number of rotatable bonds is 1. The summed E-state index contributed by atoms with van der Waals surface area (Å²) in [7, 11) is 5.24. The molecule has 5 heteroatoms. The van der Waals surface area contributed by atoms with Gasteiger partial charge in [-0.25, -0.2) is 4.79 Å². The van der Waals surface area contributed by atoms with E-state index < -0.39 is 6.09 Å². The molecule has 0 saturated heterocycles. The number of amides is 1. The van der Waals surface area contributed by atoms with Crippen molar-refractivity contribution in [1.82, 2.24) is 0 Å². The number of phenolic OH excluding ortho intramolecular Hbond substituents is 1. The van der Waals surface area contributed by atoms with Gasteiger partial charge < -0.3 is 20.5 Å². The van der Waals surface area contributed by atoms with Gasteiger partial charge in [0.25, 0.3) is 0 Å². The third-order valence-electron chi connectivity index (χ3n) is 2.12. The van der Waals surface area contributed by atoms with E-state index in [1.807, 2.05) is 27.9 Å². The summed E-state index contributed by atoms with van der Waals surface area (Å²) < 4.78 is 3.89. The van der Waals surface area contributed by atoms with Crippen LogP contribution in [0.2, 0.25) is 0 Å². The number of ether oxygens (including phenoxy) is 1. The van der Waals surface area contributed by atoms with Crippen molar-refractivity contribution in [3.8, 4) is 5.75 Å². The molecule has 0 aliphatic rings. The first-order chi connectivity index (χ1) is 7.79. The number of primary amides is 1. The van der Waals surface area contributed by atoms with Crippen LogP contribution in [0.1, 0.15) is 11.1 Å². The molecule has 3 N–H and O–H groups in total. The number of carbonyl (C=O) groups is 1. The Labute approximate surface area is 102 Å². The number of hydrogen-bond donors (Lipinski definition) is 2. The Balaban J connectivity index is 0.000000437. The summed E-state index contributed by atoms with van der Waals surface area (Å²) in [4.78, 5) is 11.4. The fraction of sp³-hybridized carbons (Fsp3) is 0.417. The predicted octanol–water partition coefficient (Wildman–Crippen LogP) is 1.79. The molecule has 0 unspecified atom stereocenters. The molecule has 1 aromatic rings. The number of benzene rings is 1. The molecular weight excluding hydrogens is 220 g/mol. The van der Waals surface area contributed by atoms with Crippen LogP contribution in [0.4, 0.5) is 10.5 Å². The second kappa shape index (κ2) is 6.62. The SMILES string of the molecule is COC(N)=O.Cc1cc(O)cc(C)c1N(C)C. The van der Waals surface area contributed by atoms with E-state index in [0.717, 1.165) is 11.1 Å². The minimum atomic E-state index is -0.745. The molecule has 0 spiro atoms. The summed E-state index contributed by atoms with van der Waals surface area (Å²) >= 11 is 0. The van der Waals surface area contributed by atoms with Gasteiger partial charge >= 0.3 is 6.09 Å². The summed E-state index contributed by atoms with van der Waals surface area (Å²) in [6.07, 6.45) is -0.745. The summed E-state index contributed by atoms with van der Waals surface area (Å²) in [5.41, 5.74) is 7.84. The van der Waals surface area contributed by atoms with Crippen molar-refractivity contribution in [2.24, 2.45) is 5.73 Å². The number of hydrogen-bond acceptors (Lipinski definition) is 4. The summed E-state index contributed by atoms with van der Waals surface area (Å²) in [6, 6.07) is 3.56. The van der Waals surface area contributed by atoms with Crippen LogP contribution in [0.5, 0.6) is 5.75 Å². The van der Waals surface area contributed by atoms with Crippen LogP contribution >= 0.6 is 0 Å². The lowest BCUT2D eigenvalue weighted by molar-refractivity contribution is 0.182. The second-order valence-electron chi connectivity index (χ2n) is 3.85. The van der Waals surface area contributed by atoms with E-state index in [9.17, 15) is 9.90 Å². The van der Waals surface area contributed by atoms with Gasteiger partial charge in [0.2, 0.25) is 0 Å². The largest absolute Gasteiger partial charge is 0.508 e. The predicted molar refractivity (Wildman–Crippen MR) is 68.5 cm³/mol. The van der Waals surface area contributed by atoms with Crippen LogP contribution in [0.15, 0.2) is 12.1 Å². The van der Waals surface area contributed by atoms with Crippen molar-refractivity contribution in [3.05, 3.63) is 23.3 Å². The van der Waals surface area contributed by atoms with Gasteiger partial charge in [-0.1, -0.05) is 0 Å². The Morgan fingerprint density at radius 3 is 1.88 bits per heavy atom. The number of aromatic hydroxyl groups is 1. The molecule has 17 heavy (non-hydrogen) atoms. The van der Waals surface area contributed by atoms with E-state index >= 15 is 0 Å². The summed E-state index contributed by atoms with van der Waals surface area (Å²) in [5, 5.41) is 9.28. The maximum atomic E-state index is 9.37. The van der Waals surface area contributed by atoms with Gasteiger partial charge in [-0.15, -0.1) is 0 Å². The Hall–Kier alpha value is -1.91. The number of aryl methyl sites for hydroxylation is 2. The molecule has 0 aliphatic carbocycles. The fourth-order valence-electron chi connectivity index (χ4n) is 1.64. The number of nitrogens with zero attached hydrogens (tertiary/aromatic N) is 1. The topological polar surface area (TPSA) is 75.8 Å². The number of methoxy groups -OCH3 is 1. The van der Waals surface area contributed by atoms with E-state index in [1.54, 1.807) is 12.1 Å². The van der Waals surface area contributed by atoms with Crippen LogP contribution in [0.25, 0.3) is 0 Å². The van der Waals surface area contributed by atoms with Crippen LogP contribution in [-0.4, -0.2) is 32.4 Å². The Morgan fingerprint density at radius 2 is 1.65 bits per heavy atom. The third kappa shape index (κ3) is 5.10. The van der Waals surface area contributed by atoms with Gasteiger partial charge in [0.1, 0.15) is 5.75 Å². The number of carbonyl (C=O) groups excluding carboxylic acids is 1. The van der Waals surface area contributed by atoms with Gasteiger partial charge in [0.05, 0.1) is 7.11 Å². The number of anilines is 1. The molecule has 0 aliphatic heterocycles. The van der Waals surface area contributed by atoms with Crippen LogP contribution in [0.3, 0.4) is 0 Å². The first-order valence-electron chi connectivity index (χ1n) is 5.10. The number of phenols is 1. The highest BCUT2D eigenvalue weighted by Gasteiger charge is 2.05. The van der Waals surface area contributed by atoms with Crippen molar-refractivity contribution in [2.75, 3.05) is 26.1 Å². The average Bonchev–Trinajstić information content (AvgIpc) is 2.15. The fourth-order valence-corrected chi connectivity index (χ4v) is 1.64. The molecule has 0 saturated carbocycles. The normalized spacial score (nSPS) is 9.00. The third-order valence-corrected chi connectivity index (χ3v) is 2.12. The minimum absolute atomic E-state index is 0.343. The second-order valence-corrected chi connectivity index (χ2v) is 3.85. The first-order valence-corrected chi connectivity index (χ1v) is 5.10. The molecular formula is C12H20N2O3. The zero-order chi connectivity index (χ0) is 13.6. The Kier molecular flexibility index (Phi) is 5.88. The first kappa shape index (κ1) is 15.1. The van der Waals surface area contributed by atoms with Crippen molar-refractivity contribution in [2.45, 2.75) is 13.8 Å². The van der Waals surface area contributed by atoms with Gasteiger partial charge in [-0.05, 0) is 37.1 Å². The van der Waals surface area contributed by atoms with Gasteiger partial charge in [-0.2, -0.15) is 0 Å². The van der Waals surface area contributed by atoms with Crippen molar-refractivity contribution >= 4 is 11.8 Å². The molecule has 96 valence electrons. The van der Waals surface area contributed by atoms with Crippen molar-refractivity contribution < 1.29 is 14.6 Å². The Morgan fingerprint density at radius 1 is 1.29 bits per heavy atom. The van der Waals surface area contributed by atoms with Crippen LogP contribution in [0, 0.1) is 13.8 Å². The van der Waals surface area contributed by atoms with Gasteiger partial charge in [0.15, 0.2) is 0 Å². The molecule has 5 nitrogen and oxygen atoms in total. The number of nitrogens with two attached hydrogens (primary N) is 1. The monoisotopic (exact) mass is 240 g/mol. The Bertz CT molecular complexity index is 366. The van der Waals surface area contributed by atoms with Crippen molar-refractivity contribution in [3.63, 3.8) is 0 Å². The lowest BCUT2D eigenvalue weighted by Crippen LogP contribution is -2.11. The van der Waals surface area contributed by atoms with E-state index in [2.05, 4.69) is 15.4 Å². The maximum Gasteiger partial charge on any atom is 0.404 e. The van der Waals surface area contributed by atoms with E-state index in [-0.39, 0.29) is 0 Å². The zero-order valence-corrected chi connectivity index (χ0v) is 10.9.